The topological polar surface area (TPSA) is 45.2 Å². The van der Waals surface area contributed by atoms with Crippen molar-refractivity contribution >= 4 is 40.6 Å². The van der Waals surface area contributed by atoms with Crippen molar-refractivity contribution in [3.8, 4) is 0 Å². The lowest BCUT2D eigenvalue weighted by molar-refractivity contribution is 0.0218. The second-order valence-electron chi connectivity index (χ2n) is 6.65. The molecular formula is C18H20ClN3OS2. The third-order valence-corrected chi connectivity index (χ3v) is 7.57. The monoisotopic (exact) mass is 393 g/mol. The van der Waals surface area contributed by atoms with Crippen LogP contribution in [0.3, 0.4) is 0 Å². The molecule has 1 amide bonds. The molecule has 3 fully saturated rings. The zero-order valence-corrected chi connectivity index (χ0v) is 16.3. The Balaban J connectivity index is 1.42. The van der Waals surface area contributed by atoms with E-state index in [0.717, 1.165) is 14.1 Å². The second-order valence-corrected chi connectivity index (χ2v) is 9.49. The largest absolute Gasteiger partial charge is 0.347 e. The number of hydrogen-bond donors (Lipinski definition) is 1. The summed E-state index contributed by atoms with van der Waals surface area (Å²) in [5.74, 6) is 0.662. The SMILES string of the molecule is CC1C(NC(=O)c2ccc(Sc3cc(Cl)ccn3)s2)C2CCN1CC2. The van der Waals surface area contributed by atoms with E-state index in [9.17, 15) is 4.79 Å². The fourth-order valence-electron chi connectivity index (χ4n) is 3.81. The second kappa shape index (κ2) is 7.27. The van der Waals surface area contributed by atoms with Crippen LogP contribution in [0.2, 0.25) is 5.02 Å². The first-order chi connectivity index (χ1) is 12.1. The molecular weight excluding hydrogens is 374 g/mol. The average Bonchev–Trinajstić information content (AvgIpc) is 3.07. The fraction of sp³-hybridized carbons (Fsp3) is 0.444. The van der Waals surface area contributed by atoms with Crippen molar-refractivity contribution in [2.75, 3.05) is 13.1 Å². The van der Waals surface area contributed by atoms with Gasteiger partial charge in [0.25, 0.3) is 5.91 Å². The molecule has 2 bridgehead atoms. The number of carbonyl (C=O) groups is 1. The summed E-state index contributed by atoms with van der Waals surface area (Å²) in [7, 11) is 0. The minimum absolute atomic E-state index is 0.0431. The van der Waals surface area contributed by atoms with E-state index in [4.69, 9.17) is 11.6 Å². The van der Waals surface area contributed by atoms with E-state index in [1.807, 2.05) is 18.2 Å². The van der Waals surface area contributed by atoms with Gasteiger partial charge in [0.05, 0.1) is 9.09 Å². The van der Waals surface area contributed by atoms with Crippen LogP contribution in [-0.2, 0) is 0 Å². The van der Waals surface area contributed by atoms with E-state index in [0.29, 0.717) is 17.0 Å². The number of rotatable bonds is 4. The summed E-state index contributed by atoms with van der Waals surface area (Å²) < 4.78 is 1.04. The Bertz CT molecular complexity index is 771. The van der Waals surface area contributed by atoms with Gasteiger partial charge in [0.1, 0.15) is 5.03 Å². The fourth-order valence-corrected chi connectivity index (χ4v) is 6.01. The molecule has 0 spiro atoms. The molecule has 0 radical (unpaired) electrons. The molecule has 25 heavy (non-hydrogen) atoms. The molecule has 7 heteroatoms. The molecule has 0 saturated carbocycles. The Hall–Kier alpha value is -1.08. The molecule has 5 rings (SSSR count). The standard InChI is InChI=1S/C18H20ClN3OS2/c1-11-17(12-5-8-22(11)9-6-12)21-18(23)14-2-3-16(24-14)25-15-10-13(19)4-7-20-15/h2-4,7,10-12,17H,5-6,8-9H2,1H3,(H,21,23). The van der Waals surface area contributed by atoms with Crippen molar-refractivity contribution < 1.29 is 4.79 Å². The van der Waals surface area contributed by atoms with Gasteiger partial charge in [-0.15, -0.1) is 11.3 Å². The molecule has 0 aromatic carbocycles. The highest BCUT2D eigenvalue weighted by Gasteiger charge is 2.40. The Morgan fingerprint density at radius 2 is 2.16 bits per heavy atom. The van der Waals surface area contributed by atoms with Crippen LogP contribution < -0.4 is 5.32 Å². The smallest absolute Gasteiger partial charge is 0.261 e. The van der Waals surface area contributed by atoms with E-state index in [2.05, 4.69) is 22.1 Å². The molecule has 2 unspecified atom stereocenters. The first kappa shape index (κ1) is 17.3. The highest BCUT2D eigenvalue weighted by molar-refractivity contribution is 8.01. The number of nitrogens with zero attached hydrogens (tertiary/aromatic N) is 2. The van der Waals surface area contributed by atoms with Crippen molar-refractivity contribution in [1.82, 2.24) is 15.2 Å². The van der Waals surface area contributed by atoms with Gasteiger partial charge in [-0.25, -0.2) is 4.98 Å². The summed E-state index contributed by atoms with van der Waals surface area (Å²) in [4.78, 5) is 20.2. The third-order valence-electron chi connectivity index (χ3n) is 5.18. The first-order valence-corrected chi connectivity index (χ1v) is 10.6. The van der Waals surface area contributed by atoms with E-state index < -0.39 is 0 Å². The van der Waals surface area contributed by atoms with E-state index in [1.165, 1.54) is 49.0 Å². The predicted octanol–water partition coefficient (Wildman–Crippen LogP) is 4.16. The molecule has 3 aliphatic rings. The molecule has 5 heterocycles. The van der Waals surface area contributed by atoms with E-state index >= 15 is 0 Å². The number of fused-ring (bicyclic) bond motifs is 3. The predicted molar refractivity (Wildman–Crippen MR) is 103 cm³/mol. The number of aromatic nitrogens is 1. The zero-order valence-electron chi connectivity index (χ0n) is 13.9. The molecule has 3 aliphatic heterocycles. The van der Waals surface area contributed by atoms with Gasteiger partial charge in [-0.3, -0.25) is 9.69 Å². The Morgan fingerprint density at radius 1 is 1.36 bits per heavy atom. The summed E-state index contributed by atoms with van der Waals surface area (Å²) in [6.07, 6.45) is 4.09. The van der Waals surface area contributed by atoms with Gasteiger partial charge in [0.15, 0.2) is 0 Å². The van der Waals surface area contributed by atoms with Crippen LogP contribution in [0.25, 0.3) is 0 Å². The van der Waals surface area contributed by atoms with Gasteiger partial charge in [0, 0.05) is 23.3 Å². The minimum Gasteiger partial charge on any atom is -0.347 e. The zero-order chi connectivity index (χ0) is 17.4. The number of amides is 1. The maximum atomic E-state index is 12.7. The maximum Gasteiger partial charge on any atom is 0.261 e. The molecule has 2 aromatic rings. The van der Waals surface area contributed by atoms with Crippen molar-refractivity contribution in [2.24, 2.45) is 5.92 Å². The molecule has 2 atom stereocenters. The molecule has 1 N–H and O–H groups in total. The van der Waals surface area contributed by atoms with E-state index in [-0.39, 0.29) is 11.9 Å². The minimum atomic E-state index is 0.0431. The highest BCUT2D eigenvalue weighted by atomic mass is 35.5. The summed E-state index contributed by atoms with van der Waals surface area (Å²) in [5, 5.41) is 4.80. The molecule has 132 valence electrons. The maximum absolute atomic E-state index is 12.7. The molecule has 4 nitrogen and oxygen atoms in total. The first-order valence-electron chi connectivity index (χ1n) is 8.54. The summed E-state index contributed by atoms with van der Waals surface area (Å²) >= 11 is 9.04. The number of thiophene rings is 1. The van der Waals surface area contributed by atoms with Gasteiger partial charge < -0.3 is 5.32 Å². The van der Waals surface area contributed by atoms with Crippen molar-refractivity contribution in [3.63, 3.8) is 0 Å². The third kappa shape index (κ3) is 3.72. The van der Waals surface area contributed by atoms with Crippen LogP contribution in [0, 0.1) is 5.92 Å². The van der Waals surface area contributed by atoms with Gasteiger partial charge >= 0.3 is 0 Å². The van der Waals surface area contributed by atoms with Crippen molar-refractivity contribution in [1.29, 1.82) is 0 Å². The average molecular weight is 394 g/mol. The normalized spacial score (nSPS) is 28.1. The van der Waals surface area contributed by atoms with Crippen LogP contribution >= 0.6 is 34.7 Å². The number of piperidine rings is 3. The van der Waals surface area contributed by atoms with Crippen LogP contribution in [-0.4, -0.2) is 41.0 Å². The van der Waals surface area contributed by atoms with Crippen molar-refractivity contribution in [2.45, 2.75) is 41.1 Å². The highest BCUT2D eigenvalue weighted by Crippen LogP contribution is 2.35. The lowest BCUT2D eigenvalue weighted by Crippen LogP contribution is -2.62. The van der Waals surface area contributed by atoms with E-state index in [1.54, 1.807) is 12.3 Å². The molecule has 0 aliphatic carbocycles. The Labute approximate surface area is 161 Å². The van der Waals surface area contributed by atoms with Gasteiger partial charge in [-0.2, -0.15) is 0 Å². The number of halogens is 1. The number of carbonyl (C=O) groups excluding carboxylic acids is 1. The number of pyridine rings is 1. The van der Waals surface area contributed by atoms with Gasteiger partial charge in [0.2, 0.25) is 0 Å². The summed E-state index contributed by atoms with van der Waals surface area (Å²) in [6, 6.07) is 8.17. The van der Waals surface area contributed by atoms with Gasteiger partial charge in [-0.1, -0.05) is 23.4 Å². The van der Waals surface area contributed by atoms with Crippen molar-refractivity contribution in [3.05, 3.63) is 40.4 Å². The lowest BCUT2D eigenvalue weighted by Gasteiger charge is -2.49. The van der Waals surface area contributed by atoms with Gasteiger partial charge in [-0.05, 0) is 63.0 Å². The van der Waals surface area contributed by atoms with Crippen LogP contribution in [0.4, 0.5) is 0 Å². The lowest BCUT2D eigenvalue weighted by atomic mass is 9.79. The van der Waals surface area contributed by atoms with Crippen LogP contribution in [0.5, 0.6) is 0 Å². The summed E-state index contributed by atoms with van der Waals surface area (Å²) in [5.41, 5.74) is 0. The number of hydrogen-bond acceptors (Lipinski definition) is 5. The van der Waals surface area contributed by atoms with Crippen LogP contribution in [0.1, 0.15) is 29.4 Å². The van der Waals surface area contributed by atoms with Crippen LogP contribution in [0.15, 0.2) is 39.7 Å². The Morgan fingerprint density at radius 3 is 2.88 bits per heavy atom. The molecule has 2 aromatic heterocycles. The molecule has 3 saturated heterocycles. The summed E-state index contributed by atoms with van der Waals surface area (Å²) in [6.45, 7) is 4.58. The number of nitrogens with one attached hydrogen (secondary N) is 1. The quantitative estimate of drug-likeness (QED) is 0.847. The Kier molecular flexibility index (Phi) is 5.04.